The van der Waals surface area contributed by atoms with E-state index in [2.05, 4.69) is 10.6 Å². The van der Waals surface area contributed by atoms with Gasteiger partial charge in [0, 0.05) is 25.1 Å². The van der Waals surface area contributed by atoms with Crippen molar-refractivity contribution >= 4 is 11.8 Å². The highest BCUT2D eigenvalue weighted by Crippen LogP contribution is 2.18. The fourth-order valence-corrected chi connectivity index (χ4v) is 3.59. The Hall–Kier alpha value is -2.66. The maximum Gasteiger partial charge on any atom is 0.251 e. The van der Waals surface area contributed by atoms with Gasteiger partial charge in [-0.05, 0) is 43.6 Å². The molecule has 27 heavy (non-hydrogen) atoms. The Morgan fingerprint density at radius 3 is 2.41 bits per heavy atom. The van der Waals surface area contributed by atoms with E-state index in [1.54, 1.807) is 12.1 Å². The second kappa shape index (κ2) is 9.33. The number of likely N-dealkylation sites (tertiary alicyclic amines) is 1. The first kappa shape index (κ1) is 19.1. The minimum Gasteiger partial charge on any atom is -0.341 e. The Bertz CT molecular complexity index is 749. The van der Waals surface area contributed by atoms with Gasteiger partial charge in [0.05, 0.1) is 0 Å². The highest BCUT2D eigenvalue weighted by atomic mass is 16.2. The van der Waals surface area contributed by atoms with Crippen LogP contribution in [0.1, 0.15) is 22.3 Å². The number of hydrogen-bond donors (Lipinski definition) is 2. The number of rotatable bonds is 7. The van der Waals surface area contributed by atoms with Crippen LogP contribution >= 0.6 is 0 Å². The summed E-state index contributed by atoms with van der Waals surface area (Å²) in [5.41, 5.74) is 1.60. The third-order valence-electron chi connectivity index (χ3n) is 5.01. The fourth-order valence-electron chi connectivity index (χ4n) is 3.59. The van der Waals surface area contributed by atoms with Crippen molar-refractivity contribution in [3.05, 3.63) is 71.8 Å². The molecule has 2 N–H and O–H groups in total. The van der Waals surface area contributed by atoms with Gasteiger partial charge in [0.15, 0.2) is 0 Å². The smallest absolute Gasteiger partial charge is 0.251 e. The molecule has 3 rings (SSSR count). The average molecular weight is 365 g/mol. The van der Waals surface area contributed by atoms with Crippen LogP contribution in [0, 0.1) is 5.92 Å². The van der Waals surface area contributed by atoms with E-state index in [4.69, 9.17) is 0 Å². The minimum absolute atomic E-state index is 0.00161. The molecule has 0 aromatic heterocycles. The summed E-state index contributed by atoms with van der Waals surface area (Å²) in [5.74, 6) is 0.263. The standard InChI is InChI=1S/C22H27N3O2/c1-23-15-18-12-13-25(16-18)22(27)20(14-17-8-4-2-5-9-17)24-21(26)19-10-6-3-7-11-19/h2-11,18,20,23H,12-16H2,1H3,(H,24,26). The number of carbonyl (C=O) groups is 2. The summed E-state index contributed by atoms with van der Waals surface area (Å²) in [6, 6.07) is 18.3. The first-order chi connectivity index (χ1) is 13.2. The third kappa shape index (κ3) is 5.17. The molecule has 0 bridgehead atoms. The average Bonchev–Trinajstić information content (AvgIpc) is 3.17. The van der Waals surface area contributed by atoms with Crippen LogP contribution in [-0.2, 0) is 11.2 Å². The Morgan fingerprint density at radius 2 is 1.74 bits per heavy atom. The van der Waals surface area contributed by atoms with Gasteiger partial charge in [0.1, 0.15) is 6.04 Å². The van der Waals surface area contributed by atoms with E-state index in [0.29, 0.717) is 17.9 Å². The van der Waals surface area contributed by atoms with Gasteiger partial charge < -0.3 is 15.5 Å². The molecule has 5 nitrogen and oxygen atoms in total. The van der Waals surface area contributed by atoms with Crippen LogP contribution in [0.2, 0.25) is 0 Å². The van der Waals surface area contributed by atoms with Gasteiger partial charge in [-0.15, -0.1) is 0 Å². The Morgan fingerprint density at radius 1 is 1.07 bits per heavy atom. The van der Waals surface area contributed by atoms with Crippen LogP contribution in [0.4, 0.5) is 0 Å². The Balaban J connectivity index is 1.73. The van der Waals surface area contributed by atoms with Crippen LogP contribution in [0.5, 0.6) is 0 Å². The molecule has 2 unspecified atom stereocenters. The van der Waals surface area contributed by atoms with Crippen LogP contribution < -0.4 is 10.6 Å². The predicted octanol–water partition coefficient (Wildman–Crippen LogP) is 2.10. The summed E-state index contributed by atoms with van der Waals surface area (Å²) in [7, 11) is 1.93. The molecule has 0 saturated carbocycles. The number of hydrogen-bond acceptors (Lipinski definition) is 3. The second-order valence-corrected chi connectivity index (χ2v) is 7.08. The van der Waals surface area contributed by atoms with E-state index in [1.807, 2.05) is 60.5 Å². The van der Waals surface area contributed by atoms with E-state index in [0.717, 1.165) is 31.6 Å². The SMILES string of the molecule is CNCC1CCN(C(=O)C(Cc2ccccc2)NC(=O)c2ccccc2)C1. The van der Waals surface area contributed by atoms with Crippen molar-refractivity contribution in [2.45, 2.75) is 18.9 Å². The van der Waals surface area contributed by atoms with Crippen molar-refractivity contribution in [1.29, 1.82) is 0 Å². The van der Waals surface area contributed by atoms with E-state index >= 15 is 0 Å². The van der Waals surface area contributed by atoms with E-state index in [9.17, 15) is 9.59 Å². The topological polar surface area (TPSA) is 61.4 Å². The molecule has 1 heterocycles. The van der Waals surface area contributed by atoms with Gasteiger partial charge in [0.2, 0.25) is 5.91 Å². The third-order valence-corrected chi connectivity index (χ3v) is 5.01. The molecule has 2 atom stereocenters. The lowest BCUT2D eigenvalue weighted by atomic mass is 10.0. The van der Waals surface area contributed by atoms with Crippen molar-refractivity contribution in [1.82, 2.24) is 15.5 Å². The molecule has 0 aliphatic carbocycles. The van der Waals surface area contributed by atoms with Gasteiger partial charge in [-0.25, -0.2) is 0 Å². The van der Waals surface area contributed by atoms with Gasteiger partial charge in [-0.3, -0.25) is 9.59 Å². The molecule has 2 aromatic carbocycles. The van der Waals surface area contributed by atoms with Crippen LogP contribution in [0.15, 0.2) is 60.7 Å². The zero-order chi connectivity index (χ0) is 19.1. The van der Waals surface area contributed by atoms with E-state index < -0.39 is 6.04 Å². The predicted molar refractivity (Wildman–Crippen MR) is 106 cm³/mol. The zero-order valence-electron chi connectivity index (χ0n) is 15.7. The molecular formula is C22H27N3O2. The monoisotopic (exact) mass is 365 g/mol. The Kier molecular flexibility index (Phi) is 6.60. The first-order valence-corrected chi connectivity index (χ1v) is 9.50. The number of nitrogens with zero attached hydrogens (tertiary/aromatic N) is 1. The van der Waals surface area contributed by atoms with Gasteiger partial charge >= 0.3 is 0 Å². The van der Waals surface area contributed by atoms with Crippen LogP contribution in [0.25, 0.3) is 0 Å². The molecule has 2 amide bonds. The maximum atomic E-state index is 13.2. The molecule has 1 aliphatic rings. The highest BCUT2D eigenvalue weighted by Gasteiger charge is 2.31. The van der Waals surface area contributed by atoms with Crippen molar-refractivity contribution in [3.8, 4) is 0 Å². The molecule has 1 aliphatic heterocycles. The van der Waals surface area contributed by atoms with E-state index in [1.165, 1.54) is 0 Å². The largest absolute Gasteiger partial charge is 0.341 e. The minimum atomic E-state index is -0.562. The molecule has 5 heteroatoms. The van der Waals surface area contributed by atoms with Crippen LogP contribution in [0.3, 0.4) is 0 Å². The molecular weight excluding hydrogens is 338 g/mol. The Labute approximate surface area is 160 Å². The summed E-state index contributed by atoms with van der Waals surface area (Å²) in [4.78, 5) is 27.7. The number of carbonyl (C=O) groups excluding carboxylic acids is 2. The summed E-state index contributed by atoms with van der Waals surface area (Å²) in [6.07, 6.45) is 1.49. The lowest BCUT2D eigenvalue weighted by Gasteiger charge is -2.25. The lowest BCUT2D eigenvalue weighted by molar-refractivity contribution is -0.132. The number of amides is 2. The lowest BCUT2D eigenvalue weighted by Crippen LogP contribution is -2.49. The summed E-state index contributed by atoms with van der Waals surface area (Å²) < 4.78 is 0. The van der Waals surface area contributed by atoms with Gasteiger partial charge in [-0.2, -0.15) is 0 Å². The quantitative estimate of drug-likeness (QED) is 0.790. The molecule has 142 valence electrons. The fraction of sp³-hybridized carbons (Fsp3) is 0.364. The van der Waals surface area contributed by atoms with Crippen molar-refractivity contribution in [2.75, 3.05) is 26.7 Å². The molecule has 0 spiro atoms. The molecule has 0 radical (unpaired) electrons. The van der Waals surface area contributed by atoms with Crippen molar-refractivity contribution in [2.24, 2.45) is 5.92 Å². The molecule has 2 aromatic rings. The number of benzene rings is 2. The molecule has 1 fully saturated rings. The molecule has 1 saturated heterocycles. The van der Waals surface area contributed by atoms with Gasteiger partial charge in [-0.1, -0.05) is 48.5 Å². The maximum absolute atomic E-state index is 13.2. The number of nitrogens with one attached hydrogen (secondary N) is 2. The summed E-state index contributed by atoms with van der Waals surface area (Å²) in [6.45, 7) is 2.40. The summed E-state index contributed by atoms with van der Waals surface area (Å²) in [5, 5.41) is 6.14. The van der Waals surface area contributed by atoms with Crippen LogP contribution in [-0.4, -0.2) is 49.4 Å². The highest BCUT2D eigenvalue weighted by molar-refractivity contribution is 5.97. The van der Waals surface area contributed by atoms with Crippen molar-refractivity contribution in [3.63, 3.8) is 0 Å². The zero-order valence-corrected chi connectivity index (χ0v) is 15.7. The first-order valence-electron chi connectivity index (χ1n) is 9.50. The van der Waals surface area contributed by atoms with E-state index in [-0.39, 0.29) is 11.8 Å². The van der Waals surface area contributed by atoms with Crippen molar-refractivity contribution < 1.29 is 9.59 Å². The summed E-state index contributed by atoms with van der Waals surface area (Å²) >= 11 is 0. The second-order valence-electron chi connectivity index (χ2n) is 7.08. The van der Waals surface area contributed by atoms with Gasteiger partial charge in [0.25, 0.3) is 5.91 Å². The normalized spacial score (nSPS) is 17.5.